The third kappa shape index (κ3) is 4.30. The molecule has 3 rings (SSSR count). The molecule has 0 atom stereocenters. The summed E-state index contributed by atoms with van der Waals surface area (Å²) >= 11 is 0. The van der Waals surface area contributed by atoms with E-state index in [4.69, 9.17) is 9.15 Å². The van der Waals surface area contributed by atoms with Crippen molar-refractivity contribution in [2.75, 3.05) is 12.4 Å². The van der Waals surface area contributed by atoms with Crippen LogP contribution in [0, 0.1) is 0 Å². The third-order valence-electron chi connectivity index (χ3n) is 3.76. The van der Waals surface area contributed by atoms with Gasteiger partial charge in [0.1, 0.15) is 11.5 Å². The van der Waals surface area contributed by atoms with Gasteiger partial charge in [-0.3, -0.25) is 9.59 Å². The van der Waals surface area contributed by atoms with Gasteiger partial charge in [-0.25, -0.2) is 0 Å². The van der Waals surface area contributed by atoms with Crippen LogP contribution in [0.2, 0.25) is 0 Å². The Labute approximate surface area is 150 Å². The van der Waals surface area contributed by atoms with Gasteiger partial charge in [0.25, 0.3) is 11.8 Å². The van der Waals surface area contributed by atoms with E-state index in [1.807, 2.05) is 0 Å². The molecular weight excluding hydrogens is 332 g/mol. The molecule has 3 aromatic rings. The number of anilines is 1. The fourth-order valence-electron chi connectivity index (χ4n) is 2.33. The number of carbonyl (C=O) groups excluding carboxylic acids is 2. The van der Waals surface area contributed by atoms with Gasteiger partial charge in [-0.2, -0.15) is 0 Å². The molecular formula is C20H18N2O4. The third-order valence-corrected chi connectivity index (χ3v) is 3.76. The molecule has 2 amide bonds. The minimum Gasteiger partial charge on any atom is -0.497 e. The number of furan rings is 1. The maximum absolute atomic E-state index is 12.2. The monoisotopic (exact) mass is 350 g/mol. The van der Waals surface area contributed by atoms with Crippen LogP contribution in [-0.2, 0) is 6.54 Å². The maximum atomic E-state index is 12.2. The highest BCUT2D eigenvalue weighted by atomic mass is 16.5. The van der Waals surface area contributed by atoms with E-state index in [0.29, 0.717) is 34.9 Å². The Morgan fingerprint density at radius 2 is 1.58 bits per heavy atom. The first-order valence-corrected chi connectivity index (χ1v) is 8.02. The van der Waals surface area contributed by atoms with Crippen molar-refractivity contribution in [2.24, 2.45) is 0 Å². The fraction of sp³-hybridized carbons (Fsp3) is 0.100. The summed E-state index contributed by atoms with van der Waals surface area (Å²) in [7, 11) is 1.57. The summed E-state index contributed by atoms with van der Waals surface area (Å²) in [4.78, 5) is 24.3. The molecule has 0 radical (unpaired) electrons. The van der Waals surface area contributed by atoms with Crippen molar-refractivity contribution in [1.82, 2.24) is 5.32 Å². The number of methoxy groups -OCH3 is 1. The highest BCUT2D eigenvalue weighted by Gasteiger charge is 2.09. The van der Waals surface area contributed by atoms with Crippen LogP contribution in [0.5, 0.6) is 5.75 Å². The molecule has 0 unspecified atom stereocenters. The predicted molar refractivity (Wildman–Crippen MR) is 97.3 cm³/mol. The van der Waals surface area contributed by atoms with E-state index in [1.165, 1.54) is 0 Å². The van der Waals surface area contributed by atoms with Crippen LogP contribution in [0.15, 0.2) is 71.3 Å². The van der Waals surface area contributed by atoms with E-state index in [1.54, 1.807) is 74.0 Å². The minimum absolute atomic E-state index is 0.213. The zero-order valence-corrected chi connectivity index (χ0v) is 14.2. The Balaban J connectivity index is 1.57. The molecule has 2 aromatic carbocycles. The number of ether oxygens (including phenoxy) is 1. The maximum Gasteiger partial charge on any atom is 0.255 e. The standard InChI is InChI=1S/C20H18N2O4/c1-25-17-10-6-15(7-11-17)20(24)22-16-8-4-14(5-9-16)19(23)21-13-18-3-2-12-26-18/h2-12H,13H2,1H3,(H,21,23)(H,22,24). The average molecular weight is 350 g/mol. The van der Waals surface area contributed by atoms with Gasteiger partial charge < -0.3 is 19.8 Å². The van der Waals surface area contributed by atoms with E-state index in [0.717, 1.165) is 0 Å². The van der Waals surface area contributed by atoms with Crippen LogP contribution in [-0.4, -0.2) is 18.9 Å². The molecule has 0 saturated heterocycles. The Bertz CT molecular complexity index is 869. The van der Waals surface area contributed by atoms with Gasteiger partial charge in [0.05, 0.1) is 19.9 Å². The number of benzene rings is 2. The summed E-state index contributed by atoms with van der Waals surface area (Å²) < 4.78 is 10.2. The van der Waals surface area contributed by atoms with Gasteiger partial charge in [-0.05, 0) is 60.7 Å². The fourth-order valence-corrected chi connectivity index (χ4v) is 2.33. The zero-order valence-electron chi connectivity index (χ0n) is 14.2. The summed E-state index contributed by atoms with van der Waals surface area (Å²) in [5.74, 6) is 0.922. The zero-order chi connectivity index (χ0) is 18.4. The Morgan fingerprint density at radius 3 is 2.19 bits per heavy atom. The largest absolute Gasteiger partial charge is 0.497 e. The molecule has 26 heavy (non-hydrogen) atoms. The normalized spacial score (nSPS) is 10.2. The van der Waals surface area contributed by atoms with Gasteiger partial charge in [0.2, 0.25) is 0 Å². The van der Waals surface area contributed by atoms with Crippen molar-refractivity contribution < 1.29 is 18.7 Å². The van der Waals surface area contributed by atoms with Gasteiger partial charge >= 0.3 is 0 Å². The van der Waals surface area contributed by atoms with E-state index >= 15 is 0 Å². The highest BCUT2D eigenvalue weighted by molar-refractivity contribution is 6.04. The number of carbonyl (C=O) groups is 2. The van der Waals surface area contributed by atoms with Crippen LogP contribution >= 0.6 is 0 Å². The van der Waals surface area contributed by atoms with Crippen molar-refractivity contribution >= 4 is 17.5 Å². The molecule has 2 N–H and O–H groups in total. The molecule has 0 spiro atoms. The number of hydrogen-bond acceptors (Lipinski definition) is 4. The minimum atomic E-state index is -0.234. The molecule has 0 aliphatic rings. The summed E-state index contributed by atoms with van der Waals surface area (Å²) in [5, 5.41) is 5.56. The quantitative estimate of drug-likeness (QED) is 0.713. The Hall–Kier alpha value is -3.54. The lowest BCUT2D eigenvalue weighted by Crippen LogP contribution is -2.22. The van der Waals surface area contributed by atoms with Gasteiger partial charge in [0, 0.05) is 16.8 Å². The molecule has 0 aliphatic heterocycles. The van der Waals surface area contributed by atoms with Crippen LogP contribution in [0.4, 0.5) is 5.69 Å². The summed E-state index contributed by atoms with van der Waals surface area (Å²) in [6.45, 7) is 0.321. The molecule has 6 heteroatoms. The predicted octanol–water partition coefficient (Wildman–Crippen LogP) is 3.47. The van der Waals surface area contributed by atoms with E-state index < -0.39 is 0 Å². The second-order valence-electron chi connectivity index (χ2n) is 5.52. The molecule has 0 bridgehead atoms. The molecule has 132 valence electrons. The topological polar surface area (TPSA) is 80.6 Å². The molecule has 0 aliphatic carbocycles. The van der Waals surface area contributed by atoms with Crippen LogP contribution < -0.4 is 15.4 Å². The summed E-state index contributed by atoms with van der Waals surface area (Å²) in [6, 6.07) is 17.0. The van der Waals surface area contributed by atoms with Crippen LogP contribution in [0.1, 0.15) is 26.5 Å². The number of hydrogen-bond donors (Lipinski definition) is 2. The summed E-state index contributed by atoms with van der Waals surface area (Å²) in [6.07, 6.45) is 1.56. The average Bonchev–Trinajstić information content (AvgIpc) is 3.20. The first kappa shape index (κ1) is 17.3. The SMILES string of the molecule is COc1ccc(C(=O)Nc2ccc(C(=O)NCc3ccco3)cc2)cc1. The van der Waals surface area contributed by atoms with Crippen LogP contribution in [0.25, 0.3) is 0 Å². The molecule has 1 heterocycles. The van der Waals surface area contributed by atoms with Crippen molar-refractivity contribution in [3.8, 4) is 5.75 Å². The van der Waals surface area contributed by atoms with E-state index in [-0.39, 0.29) is 11.8 Å². The smallest absolute Gasteiger partial charge is 0.255 e. The molecule has 0 fully saturated rings. The van der Waals surface area contributed by atoms with Gasteiger partial charge in [-0.15, -0.1) is 0 Å². The van der Waals surface area contributed by atoms with Crippen molar-refractivity contribution in [1.29, 1.82) is 0 Å². The van der Waals surface area contributed by atoms with Gasteiger partial charge in [0.15, 0.2) is 0 Å². The molecule has 0 saturated carbocycles. The Morgan fingerprint density at radius 1 is 0.923 bits per heavy atom. The highest BCUT2D eigenvalue weighted by Crippen LogP contribution is 2.14. The van der Waals surface area contributed by atoms with Crippen molar-refractivity contribution in [2.45, 2.75) is 6.54 Å². The lowest BCUT2D eigenvalue weighted by Gasteiger charge is -2.08. The van der Waals surface area contributed by atoms with E-state index in [2.05, 4.69) is 10.6 Å². The molecule has 1 aromatic heterocycles. The number of amides is 2. The summed E-state index contributed by atoms with van der Waals surface area (Å²) in [5.41, 5.74) is 1.62. The molecule has 6 nitrogen and oxygen atoms in total. The van der Waals surface area contributed by atoms with Crippen molar-refractivity contribution in [3.05, 3.63) is 83.8 Å². The Kier molecular flexibility index (Phi) is 5.34. The van der Waals surface area contributed by atoms with Gasteiger partial charge in [-0.1, -0.05) is 0 Å². The number of nitrogens with one attached hydrogen (secondary N) is 2. The first-order chi connectivity index (χ1) is 12.7. The lowest BCUT2D eigenvalue weighted by atomic mass is 10.1. The first-order valence-electron chi connectivity index (χ1n) is 8.02. The lowest BCUT2D eigenvalue weighted by molar-refractivity contribution is 0.0947. The second-order valence-corrected chi connectivity index (χ2v) is 5.52. The second kappa shape index (κ2) is 8.02. The van der Waals surface area contributed by atoms with Crippen LogP contribution in [0.3, 0.4) is 0 Å². The van der Waals surface area contributed by atoms with E-state index in [9.17, 15) is 9.59 Å². The number of rotatable bonds is 6. The van der Waals surface area contributed by atoms with Crippen molar-refractivity contribution in [3.63, 3.8) is 0 Å².